The Morgan fingerprint density at radius 3 is 2.43 bits per heavy atom. The first-order valence-electron chi connectivity index (χ1n) is 4.68. The SMILES string of the molecule is Cc1ccc([C@H](N)C(C)C)c(O)c1F. The van der Waals surface area contributed by atoms with Crippen LogP contribution in [-0.4, -0.2) is 5.11 Å². The summed E-state index contributed by atoms with van der Waals surface area (Å²) >= 11 is 0. The molecule has 0 saturated carbocycles. The molecule has 0 aliphatic carbocycles. The van der Waals surface area contributed by atoms with Gasteiger partial charge in [-0.1, -0.05) is 26.0 Å². The van der Waals surface area contributed by atoms with E-state index in [9.17, 15) is 9.50 Å². The van der Waals surface area contributed by atoms with Crippen molar-refractivity contribution < 1.29 is 9.50 Å². The van der Waals surface area contributed by atoms with Crippen molar-refractivity contribution >= 4 is 0 Å². The number of benzene rings is 1. The molecule has 0 bridgehead atoms. The standard InChI is InChI=1S/C11H16FNO/c1-6(2)10(13)8-5-4-7(3)9(12)11(8)14/h4-6,10,14H,13H2,1-3H3/t10-/m1/s1. The summed E-state index contributed by atoms with van der Waals surface area (Å²) < 4.78 is 13.3. The minimum atomic E-state index is -0.571. The highest BCUT2D eigenvalue weighted by atomic mass is 19.1. The molecule has 0 aliphatic rings. The summed E-state index contributed by atoms with van der Waals surface area (Å²) in [5, 5.41) is 9.54. The molecular formula is C11H16FNO. The van der Waals surface area contributed by atoms with E-state index in [2.05, 4.69) is 0 Å². The van der Waals surface area contributed by atoms with Crippen LogP contribution in [0.25, 0.3) is 0 Å². The van der Waals surface area contributed by atoms with E-state index in [-0.39, 0.29) is 17.7 Å². The number of nitrogens with two attached hydrogens (primary N) is 1. The van der Waals surface area contributed by atoms with Gasteiger partial charge in [0.2, 0.25) is 0 Å². The molecule has 0 amide bonds. The molecule has 14 heavy (non-hydrogen) atoms. The smallest absolute Gasteiger partial charge is 0.168 e. The van der Waals surface area contributed by atoms with Crippen molar-refractivity contribution in [3.63, 3.8) is 0 Å². The second kappa shape index (κ2) is 3.96. The summed E-state index contributed by atoms with van der Waals surface area (Å²) in [6.45, 7) is 5.48. The summed E-state index contributed by atoms with van der Waals surface area (Å²) in [4.78, 5) is 0. The Morgan fingerprint density at radius 1 is 1.36 bits per heavy atom. The van der Waals surface area contributed by atoms with Crippen LogP contribution in [-0.2, 0) is 0 Å². The van der Waals surface area contributed by atoms with Crippen molar-refractivity contribution in [3.8, 4) is 5.75 Å². The zero-order valence-electron chi connectivity index (χ0n) is 8.71. The number of phenols is 1. The van der Waals surface area contributed by atoms with Gasteiger partial charge in [-0.05, 0) is 18.4 Å². The molecule has 0 aliphatic heterocycles. The molecule has 3 N–H and O–H groups in total. The monoisotopic (exact) mass is 197 g/mol. The molecule has 0 unspecified atom stereocenters. The fourth-order valence-electron chi connectivity index (χ4n) is 1.31. The third-order valence-corrected chi connectivity index (χ3v) is 2.42. The van der Waals surface area contributed by atoms with Gasteiger partial charge < -0.3 is 10.8 Å². The maximum atomic E-state index is 13.3. The Balaban J connectivity index is 3.17. The van der Waals surface area contributed by atoms with Gasteiger partial charge in [-0.15, -0.1) is 0 Å². The first-order chi connectivity index (χ1) is 6.45. The second-order valence-electron chi connectivity index (χ2n) is 3.90. The Bertz CT molecular complexity index is 336. The lowest BCUT2D eigenvalue weighted by Gasteiger charge is -2.18. The van der Waals surface area contributed by atoms with Crippen molar-refractivity contribution in [2.75, 3.05) is 0 Å². The molecule has 0 fully saturated rings. The topological polar surface area (TPSA) is 46.2 Å². The van der Waals surface area contributed by atoms with Crippen molar-refractivity contribution in [1.82, 2.24) is 0 Å². The van der Waals surface area contributed by atoms with Crippen molar-refractivity contribution in [3.05, 3.63) is 29.1 Å². The van der Waals surface area contributed by atoms with E-state index in [1.54, 1.807) is 19.1 Å². The van der Waals surface area contributed by atoms with Gasteiger partial charge in [0.15, 0.2) is 11.6 Å². The fraction of sp³-hybridized carbons (Fsp3) is 0.455. The van der Waals surface area contributed by atoms with Gasteiger partial charge in [0.05, 0.1) is 0 Å². The zero-order chi connectivity index (χ0) is 10.9. The molecule has 0 radical (unpaired) electrons. The number of rotatable bonds is 2. The molecule has 3 heteroatoms. The molecule has 0 spiro atoms. The number of hydrogen-bond donors (Lipinski definition) is 2. The minimum Gasteiger partial charge on any atom is -0.505 e. The third-order valence-electron chi connectivity index (χ3n) is 2.42. The van der Waals surface area contributed by atoms with Gasteiger partial charge in [0, 0.05) is 11.6 Å². The highest BCUT2D eigenvalue weighted by Gasteiger charge is 2.17. The van der Waals surface area contributed by atoms with E-state index in [1.165, 1.54) is 0 Å². The van der Waals surface area contributed by atoms with Crippen molar-refractivity contribution in [2.45, 2.75) is 26.8 Å². The Hall–Kier alpha value is -1.09. The molecule has 0 aromatic heterocycles. The second-order valence-corrected chi connectivity index (χ2v) is 3.90. The van der Waals surface area contributed by atoms with Gasteiger partial charge in [-0.2, -0.15) is 0 Å². The van der Waals surface area contributed by atoms with Crippen LogP contribution in [0.1, 0.15) is 31.0 Å². The van der Waals surface area contributed by atoms with E-state index < -0.39 is 5.82 Å². The molecule has 1 aromatic rings. The molecular weight excluding hydrogens is 181 g/mol. The van der Waals surface area contributed by atoms with Crippen LogP contribution in [0.2, 0.25) is 0 Å². The maximum absolute atomic E-state index is 13.3. The van der Waals surface area contributed by atoms with Crippen LogP contribution < -0.4 is 5.73 Å². The first kappa shape index (κ1) is 11.0. The fourth-order valence-corrected chi connectivity index (χ4v) is 1.31. The van der Waals surface area contributed by atoms with E-state index >= 15 is 0 Å². The van der Waals surface area contributed by atoms with Crippen molar-refractivity contribution in [2.24, 2.45) is 11.7 Å². The Kier molecular flexibility index (Phi) is 3.11. The van der Waals surface area contributed by atoms with E-state index in [0.29, 0.717) is 11.1 Å². The van der Waals surface area contributed by atoms with Crippen LogP contribution in [0.5, 0.6) is 5.75 Å². The molecule has 1 atom stereocenters. The van der Waals surface area contributed by atoms with Gasteiger partial charge in [0.25, 0.3) is 0 Å². The van der Waals surface area contributed by atoms with Crippen LogP contribution in [0.15, 0.2) is 12.1 Å². The number of halogens is 1. The Labute approximate surface area is 83.6 Å². The van der Waals surface area contributed by atoms with Crippen LogP contribution in [0, 0.1) is 18.7 Å². The zero-order valence-corrected chi connectivity index (χ0v) is 8.71. The summed E-state index contributed by atoms with van der Waals surface area (Å²) in [5.74, 6) is -0.715. The number of phenolic OH excluding ortho intramolecular Hbond substituents is 1. The van der Waals surface area contributed by atoms with E-state index in [4.69, 9.17) is 5.73 Å². The average molecular weight is 197 g/mol. The first-order valence-corrected chi connectivity index (χ1v) is 4.68. The van der Waals surface area contributed by atoms with E-state index in [1.807, 2.05) is 13.8 Å². The molecule has 78 valence electrons. The lowest BCUT2D eigenvalue weighted by Crippen LogP contribution is -2.17. The third kappa shape index (κ3) is 1.87. The summed E-state index contributed by atoms with van der Waals surface area (Å²) in [6, 6.07) is 2.98. The largest absolute Gasteiger partial charge is 0.505 e. The van der Waals surface area contributed by atoms with Gasteiger partial charge >= 0.3 is 0 Å². The summed E-state index contributed by atoms with van der Waals surface area (Å²) in [7, 11) is 0. The highest BCUT2D eigenvalue weighted by molar-refractivity contribution is 5.39. The van der Waals surface area contributed by atoms with Crippen LogP contribution in [0.3, 0.4) is 0 Å². The highest BCUT2D eigenvalue weighted by Crippen LogP contribution is 2.30. The molecule has 1 aromatic carbocycles. The maximum Gasteiger partial charge on any atom is 0.168 e. The Morgan fingerprint density at radius 2 is 1.93 bits per heavy atom. The van der Waals surface area contributed by atoms with Gasteiger partial charge in [-0.3, -0.25) is 0 Å². The summed E-state index contributed by atoms with van der Waals surface area (Å²) in [5.41, 5.74) is 6.74. The predicted octanol–water partition coefficient (Wildman–Crippen LogP) is 2.50. The van der Waals surface area contributed by atoms with Crippen LogP contribution in [0.4, 0.5) is 4.39 Å². The lowest BCUT2D eigenvalue weighted by atomic mass is 9.95. The normalized spacial score (nSPS) is 13.3. The number of aryl methyl sites for hydroxylation is 1. The quantitative estimate of drug-likeness (QED) is 0.765. The van der Waals surface area contributed by atoms with Gasteiger partial charge in [-0.25, -0.2) is 4.39 Å². The molecule has 0 saturated heterocycles. The minimum absolute atomic E-state index is 0.169. The average Bonchev–Trinajstić information content (AvgIpc) is 2.13. The van der Waals surface area contributed by atoms with E-state index in [0.717, 1.165) is 0 Å². The molecule has 0 heterocycles. The predicted molar refractivity (Wildman–Crippen MR) is 54.6 cm³/mol. The number of hydrogen-bond acceptors (Lipinski definition) is 2. The molecule has 2 nitrogen and oxygen atoms in total. The lowest BCUT2D eigenvalue weighted by molar-refractivity contribution is 0.405. The van der Waals surface area contributed by atoms with Gasteiger partial charge in [0.1, 0.15) is 0 Å². The van der Waals surface area contributed by atoms with Crippen LogP contribution >= 0.6 is 0 Å². The number of aromatic hydroxyl groups is 1. The summed E-state index contributed by atoms with van der Waals surface area (Å²) in [6.07, 6.45) is 0. The molecule has 1 rings (SSSR count). The van der Waals surface area contributed by atoms with Crippen molar-refractivity contribution in [1.29, 1.82) is 0 Å².